The normalized spacial score (nSPS) is 10.6. The molecule has 0 spiro atoms. The number of rotatable bonds is 1. The summed E-state index contributed by atoms with van der Waals surface area (Å²) in [5.74, 6) is 1.08. The molecule has 2 rings (SSSR count). The van der Waals surface area contributed by atoms with E-state index in [0.717, 1.165) is 22.4 Å². The standard InChI is InChI=1S/C11H13N3O/c1-6-4-7(2)10(12)5-9(6)11-14-13-8(3)15-11/h4-5H,12H2,1-3H3. The van der Waals surface area contributed by atoms with Crippen LogP contribution in [0.3, 0.4) is 0 Å². The van der Waals surface area contributed by atoms with Gasteiger partial charge >= 0.3 is 0 Å². The quantitative estimate of drug-likeness (QED) is 0.722. The fraction of sp³-hybridized carbons (Fsp3) is 0.273. The molecule has 78 valence electrons. The molecule has 0 unspecified atom stereocenters. The van der Waals surface area contributed by atoms with Gasteiger partial charge in [0.25, 0.3) is 0 Å². The second kappa shape index (κ2) is 3.38. The summed E-state index contributed by atoms with van der Waals surface area (Å²) in [5, 5.41) is 7.77. The smallest absolute Gasteiger partial charge is 0.248 e. The fourth-order valence-electron chi connectivity index (χ4n) is 1.50. The highest BCUT2D eigenvalue weighted by molar-refractivity contribution is 5.66. The van der Waals surface area contributed by atoms with Crippen LogP contribution in [0.2, 0.25) is 0 Å². The van der Waals surface area contributed by atoms with Crippen LogP contribution in [-0.4, -0.2) is 10.2 Å². The maximum atomic E-state index is 5.84. The number of nitrogens with zero attached hydrogens (tertiary/aromatic N) is 2. The molecule has 0 aliphatic carbocycles. The average Bonchev–Trinajstić information content (AvgIpc) is 2.58. The van der Waals surface area contributed by atoms with Crippen molar-refractivity contribution < 1.29 is 4.42 Å². The number of anilines is 1. The number of aryl methyl sites for hydroxylation is 3. The van der Waals surface area contributed by atoms with Gasteiger partial charge in [-0.05, 0) is 31.0 Å². The van der Waals surface area contributed by atoms with Crippen molar-refractivity contribution in [2.45, 2.75) is 20.8 Å². The SMILES string of the molecule is Cc1nnc(-c2cc(N)c(C)cc2C)o1. The molecule has 0 atom stereocenters. The molecule has 1 heterocycles. The van der Waals surface area contributed by atoms with Crippen molar-refractivity contribution in [2.75, 3.05) is 5.73 Å². The second-order valence-corrected chi connectivity index (χ2v) is 3.65. The predicted molar refractivity (Wildman–Crippen MR) is 58.4 cm³/mol. The molecular formula is C11H13N3O. The van der Waals surface area contributed by atoms with E-state index >= 15 is 0 Å². The zero-order chi connectivity index (χ0) is 11.0. The van der Waals surface area contributed by atoms with Crippen LogP contribution in [-0.2, 0) is 0 Å². The molecular weight excluding hydrogens is 190 g/mol. The predicted octanol–water partition coefficient (Wildman–Crippen LogP) is 2.24. The minimum absolute atomic E-state index is 0.525. The van der Waals surface area contributed by atoms with E-state index in [1.54, 1.807) is 6.92 Å². The molecule has 1 aromatic heterocycles. The molecule has 0 aliphatic rings. The van der Waals surface area contributed by atoms with E-state index in [-0.39, 0.29) is 0 Å². The molecule has 0 fully saturated rings. The van der Waals surface area contributed by atoms with Crippen LogP contribution in [0, 0.1) is 20.8 Å². The Bertz CT molecular complexity index is 503. The number of benzene rings is 1. The van der Waals surface area contributed by atoms with E-state index in [0.29, 0.717) is 11.8 Å². The lowest BCUT2D eigenvalue weighted by Crippen LogP contribution is -1.93. The monoisotopic (exact) mass is 203 g/mol. The Morgan fingerprint density at radius 1 is 1.07 bits per heavy atom. The van der Waals surface area contributed by atoms with Crippen LogP contribution in [0.1, 0.15) is 17.0 Å². The third-order valence-electron chi connectivity index (χ3n) is 2.37. The molecule has 2 aromatic rings. The lowest BCUT2D eigenvalue weighted by Gasteiger charge is -2.05. The van der Waals surface area contributed by atoms with Crippen molar-refractivity contribution in [3.8, 4) is 11.5 Å². The molecule has 0 saturated heterocycles. The van der Waals surface area contributed by atoms with Crippen LogP contribution >= 0.6 is 0 Å². The van der Waals surface area contributed by atoms with E-state index in [1.807, 2.05) is 26.0 Å². The third kappa shape index (κ3) is 1.70. The zero-order valence-electron chi connectivity index (χ0n) is 9.03. The Hall–Kier alpha value is -1.84. The van der Waals surface area contributed by atoms with E-state index in [4.69, 9.17) is 10.2 Å². The number of nitrogens with two attached hydrogens (primary N) is 1. The summed E-state index contributed by atoms with van der Waals surface area (Å²) in [7, 11) is 0. The lowest BCUT2D eigenvalue weighted by atomic mass is 10.0. The molecule has 0 radical (unpaired) electrons. The molecule has 0 aliphatic heterocycles. The highest BCUT2D eigenvalue weighted by Gasteiger charge is 2.10. The first-order valence-electron chi connectivity index (χ1n) is 4.75. The molecule has 15 heavy (non-hydrogen) atoms. The molecule has 0 saturated carbocycles. The Labute approximate surface area is 88.1 Å². The van der Waals surface area contributed by atoms with Crippen LogP contribution in [0.25, 0.3) is 11.5 Å². The van der Waals surface area contributed by atoms with Gasteiger partial charge in [0.1, 0.15) is 0 Å². The van der Waals surface area contributed by atoms with Gasteiger partial charge in [-0.1, -0.05) is 6.07 Å². The van der Waals surface area contributed by atoms with Crippen molar-refractivity contribution in [3.63, 3.8) is 0 Å². The summed E-state index contributed by atoms with van der Waals surface area (Å²) in [6.07, 6.45) is 0. The first kappa shape index (κ1) is 9.71. The number of aromatic nitrogens is 2. The number of hydrogen-bond donors (Lipinski definition) is 1. The van der Waals surface area contributed by atoms with E-state index < -0.39 is 0 Å². The minimum Gasteiger partial charge on any atom is -0.421 e. The van der Waals surface area contributed by atoms with Gasteiger partial charge in [0.15, 0.2) is 0 Å². The average molecular weight is 203 g/mol. The maximum Gasteiger partial charge on any atom is 0.248 e. The minimum atomic E-state index is 0.525. The van der Waals surface area contributed by atoms with Crippen molar-refractivity contribution in [1.29, 1.82) is 0 Å². The van der Waals surface area contributed by atoms with Crippen molar-refractivity contribution in [2.24, 2.45) is 0 Å². The van der Waals surface area contributed by atoms with Gasteiger partial charge in [-0.25, -0.2) is 0 Å². The first-order chi connectivity index (χ1) is 7.08. The van der Waals surface area contributed by atoms with Gasteiger partial charge in [0.2, 0.25) is 11.8 Å². The lowest BCUT2D eigenvalue weighted by molar-refractivity contribution is 0.532. The molecule has 4 nitrogen and oxygen atoms in total. The third-order valence-corrected chi connectivity index (χ3v) is 2.37. The van der Waals surface area contributed by atoms with Crippen LogP contribution in [0.15, 0.2) is 16.5 Å². The largest absolute Gasteiger partial charge is 0.421 e. The topological polar surface area (TPSA) is 64.9 Å². The summed E-state index contributed by atoms with van der Waals surface area (Å²) in [4.78, 5) is 0. The van der Waals surface area contributed by atoms with Gasteiger partial charge in [-0.15, -0.1) is 10.2 Å². The van der Waals surface area contributed by atoms with Gasteiger partial charge in [0, 0.05) is 18.2 Å². The highest BCUT2D eigenvalue weighted by atomic mass is 16.4. The Morgan fingerprint density at radius 3 is 2.40 bits per heavy atom. The Kier molecular flexibility index (Phi) is 2.19. The summed E-state index contributed by atoms with van der Waals surface area (Å²) < 4.78 is 5.37. The summed E-state index contributed by atoms with van der Waals surface area (Å²) in [5.41, 5.74) is 9.64. The van der Waals surface area contributed by atoms with E-state index in [9.17, 15) is 0 Å². The molecule has 0 amide bonds. The molecule has 0 bridgehead atoms. The number of hydrogen-bond acceptors (Lipinski definition) is 4. The maximum absolute atomic E-state index is 5.84. The van der Waals surface area contributed by atoms with Crippen molar-refractivity contribution >= 4 is 5.69 Å². The summed E-state index contributed by atoms with van der Waals surface area (Å²) >= 11 is 0. The van der Waals surface area contributed by atoms with Gasteiger partial charge < -0.3 is 10.2 Å². The number of nitrogen functional groups attached to an aromatic ring is 1. The summed E-state index contributed by atoms with van der Waals surface area (Å²) in [6.45, 7) is 5.75. The van der Waals surface area contributed by atoms with E-state index in [1.165, 1.54) is 0 Å². The van der Waals surface area contributed by atoms with Crippen LogP contribution in [0.4, 0.5) is 5.69 Å². The highest BCUT2D eigenvalue weighted by Crippen LogP contribution is 2.26. The molecule has 2 N–H and O–H groups in total. The second-order valence-electron chi connectivity index (χ2n) is 3.65. The van der Waals surface area contributed by atoms with E-state index in [2.05, 4.69) is 10.2 Å². The van der Waals surface area contributed by atoms with Gasteiger partial charge in [-0.2, -0.15) is 0 Å². The first-order valence-corrected chi connectivity index (χ1v) is 4.75. The Balaban J connectivity index is 2.58. The summed E-state index contributed by atoms with van der Waals surface area (Å²) in [6, 6.07) is 3.89. The molecule has 1 aromatic carbocycles. The van der Waals surface area contributed by atoms with Gasteiger partial charge in [-0.3, -0.25) is 0 Å². The zero-order valence-corrected chi connectivity index (χ0v) is 9.03. The van der Waals surface area contributed by atoms with Crippen molar-refractivity contribution in [1.82, 2.24) is 10.2 Å². The molecule has 4 heteroatoms. The fourth-order valence-corrected chi connectivity index (χ4v) is 1.50. The Morgan fingerprint density at radius 2 is 1.80 bits per heavy atom. The van der Waals surface area contributed by atoms with Crippen molar-refractivity contribution in [3.05, 3.63) is 29.2 Å². The van der Waals surface area contributed by atoms with Crippen LogP contribution in [0.5, 0.6) is 0 Å². The van der Waals surface area contributed by atoms with Gasteiger partial charge in [0.05, 0.1) is 0 Å². The van der Waals surface area contributed by atoms with Crippen LogP contribution < -0.4 is 5.73 Å².